The summed E-state index contributed by atoms with van der Waals surface area (Å²) in [5.41, 5.74) is -0.147. The Balaban J connectivity index is 1.99. The van der Waals surface area contributed by atoms with Crippen LogP contribution in [0.15, 0.2) is 18.3 Å². The highest BCUT2D eigenvalue weighted by molar-refractivity contribution is 5.44. The molecule has 17 heavy (non-hydrogen) atoms. The van der Waals surface area contributed by atoms with Crippen LogP contribution in [0.3, 0.4) is 0 Å². The smallest absolute Gasteiger partial charge is 0.274 e. The van der Waals surface area contributed by atoms with Crippen LogP contribution in [0.4, 0.5) is 11.5 Å². The molecule has 92 valence electrons. The molecule has 0 bridgehead atoms. The van der Waals surface area contributed by atoms with Crippen molar-refractivity contribution in [2.75, 3.05) is 18.5 Å². The van der Waals surface area contributed by atoms with Crippen molar-refractivity contribution in [1.82, 2.24) is 4.98 Å². The average Bonchev–Trinajstić information content (AvgIpc) is 2.75. The first-order valence-electron chi connectivity index (χ1n) is 5.57. The number of rotatable bonds is 4. The van der Waals surface area contributed by atoms with Gasteiger partial charge in [0.2, 0.25) is 0 Å². The van der Waals surface area contributed by atoms with E-state index in [1.54, 1.807) is 0 Å². The van der Waals surface area contributed by atoms with E-state index in [4.69, 9.17) is 4.74 Å². The molecule has 1 fully saturated rings. The van der Waals surface area contributed by atoms with E-state index in [1.165, 1.54) is 18.3 Å². The third-order valence-corrected chi connectivity index (χ3v) is 2.90. The van der Waals surface area contributed by atoms with Gasteiger partial charge in [-0.2, -0.15) is 0 Å². The minimum Gasteiger partial charge on any atom is -0.373 e. The second-order valence-electron chi connectivity index (χ2n) is 4.41. The number of aromatic nitrogens is 1. The van der Waals surface area contributed by atoms with Gasteiger partial charge in [0.15, 0.2) is 0 Å². The SMILES string of the molecule is CC1(CNc2cc([N+](=O)[O-])ccn2)CCCO1. The summed E-state index contributed by atoms with van der Waals surface area (Å²) in [5.74, 6) is 0.510. The van der Waals surface area contributed by atoms with Gasteiger partial charge in [0.25, 0.3) is 5.69 Å². The fourth-order valence-electron chi connectivity index (χ4n) is 1.88. The van der Waals surface area contributed by atoms with E-state index in [1.807, 2.05) is 6.92 Å². The summed E-state index contributed by atoms with van der Waals surface area (Å²) < 4.78 is 5.62. The zero-order valence-electron chi connectivity index (χ0n) is 9.68. The van der Waals surface area contributed by atoms with Crippen LogP contribution in [0.1, 0.15) is 19.8 Å². The molecule has 1 atom stereocenters. The van der Waals surface area contributed by atoms with Crippen molar-refractivity contribution in [3.05, 3.63) is 28.4 Å². The highest BCUT2D eigenvalue weighted by Crippen LogP contribution is 2.25. The first kappa shape index (κ1) is 11.8. The molecule has 0 saturated carbocycles. The predicted octanol–water partition coefficient (Wildman–Crippen LogP) is 1.97. The summed E-state index contributed by atoms with van der Waals surface area (Å²) in [4.78, 5) is 14.2. The largest absolute Gasteiger partial charge is 0.373 e. The maximum atomic E-state index is 10.6. The lowest BCUT2D eigenvalue weighted by Gasteiger charge is -2.23. The van der Waals surface area contributed by atoms with E-state index in [-0.39, 0.29) is 11.3 Å². The van der Waals surface area contributed by atoms with Gasteiger partial charge in [-0.25, -0.2) is 4.98 Å². The van der Waals surface area contributed by atoms with Crippen LogP contribution in [-0.4, -0.2) is 28.7 Å². The van der Waals surface area contributed by atoms with E-state index < -0.39 is 4.92 Å². The van der Waals surface area contributed by atoms with Crippen molar-refractivity contribution in [2.45, 2.75) is 25.4 Å². The molecule has 2 heterocycles. The molecule has 1 aliphatic rings. The monoisotopic (exact) mass is 237 g/mol. The minimum absolute atomic E-state index is 0.0417. The molecule has 2 rings (SSSR count). The molecule has 0 spiro atoms. The third-order valence-electron chi connectivity index (χ3n) is 2.90. The number of pyridine rings is 1. The Bertz CT molecular complexity index is 416. The van der Waals surface area contributed by atoms with Crippen molar-refractivity contribution in [3.8, 4) is 0 Å². The Morgan fingerprint density at radius 1 is 1.71 bits per heavy atom. The maximum Gasteiger partial charge on any atom is 0.274 e. The quantitative estimate of drug-likeness (QED) is 0.640. The van der Waals surface area contributed by atoms with Gasteiger partial charge < -0.3 is 10.1 Å². The Morgan fingerprint density at radius 2 is 2.53 bits per heavy atom. The van der Waals surface area contributed by atoms with Crippen LogP contribution in [0.25, 0.3) is 0 Å². The molecule has 0 aliphatic carbocycles. The summed E-state index contributed by atoms with van der Waals surface area (Å²) in [6, 6.07) is 2.80. The summed E-state index contributed by atoms with van der Waals surface area (Å²) in [6.45, 7) is 3.42. The van der Waals surface area contributed by atoms with Crippen molar-refractivity contribution in [3.63, 3.8) is 0 Å². The van der Waals surface area contributed by atoms with Crippen LogP contribution >= 0.6 is 0 Å². The van der Waals surface area contributed by atoms with Gasteiger partial charge in [-0.05, 0) is 19.8 Å². The molecule has 1 saturated heterocycles. The molecule has 1 aliphatic heterocycles. The molecular weight excluding hydrogens is 222 g/mol. The van der Waals surface area contributed by atoms with E-state index in [0.717, 1.165) is 19.4 Å². The maximum absolute atomic E-state index is 10.6. The van der Waals surface area contributed by atoms with Gasteiger partial charge in [-0.3, -0.25) is 10.1 Å². The van der Waals surface area contributed by atoms with Crippen molar-refractivity contribution >= 4 is 11.5 Å². The number of ether oxygens (including phenoxy) is 1. The molecular formula is C11H15N3O3. The predicted molar refractivity (Wildman–Crippen MR) is 63.0 cm³/mol. The van der Waals surface area contributed by atoms with E-state index in [9.17, 15) is 10.1 Å². The third kappa shape index (κ3) is 2.91. The second-order valence-corrected chi connectivity index (χ2v) is 4.41. The minimum atomic E-state index is -0.430. The Morgan fingerprint density at radius 3 is 3.18 bits per heavy atom. The zero-order valence-corrected chi connectivity index (χ0v) is 9.68. The fourth-order valence-corrected chi connectivity index (χ4v) is 1.88. The lowest BCUT2D eigenvalue weighted by Crippen LogP contribution is -2.32. The number of hydrogen-bond donors (Lipinski definition) is 1. The van der Waals surface area contributed by atoms with Crippen molar-refractivity contribution < 1.29 is 9.66 Å². The van der Waals surface area contributed by atoms with Gasteiger partial charge in [0.05, 0.1) is 16.6 Å². The molecule has 0 radical (unpaired) electrons. The fraction of sp³-hybridized carbons (Fsp3) is 0.545. The molecule has 0 amide bonds. The lowest BCUT2D eigenvalue weighted by atomic mass is 10.0. The normalized spacial score (nSPS) is 23.6. The molecule has 0 aromatic carbocycles. The molecule has 6 heteroatoms. The number of nitrogens with zero attached hydrogens (tertiary/aromatic N) is 2. The highest BCUT2D eigenvalue weighted by atomic mass is 16.6. The van der Waals surface area contributed by atoms with E-state index in [0.29, 0.717) is 12.4 Å². The summed E-state index contributed by atoms with van der Waals surface area (Å²) in [7, 11) is 0. The molecule has 1 unspecified atom stereocenters. The standard InChI is InChI=1S/C11H15N3O3/c1-11(4-2-6-17-11)8-13-10-7-9(14(15)16)3-5-12-10/h3,5,7H,2,4,6,8H2,1H3,(H,12,13). The van der Waals surface area contributed by atoms with Crippen LogP contribution in [0, 0.1) is 10.1 Å². The topological polar surface area (TPSA) is 77.3 Å². The Kier molecular flexibility index (Phi) is 3.23. The van der Waals surface area contributed by atoms with Crippen LogP contribution in [0.5, 0.6) is 0 Å². The van der Waals surface area contributed by atoms with Crippen molar-refractivity contribution in [2.24, 2.45) is 0 Å². The highest BCUT2D eigenvalue weighted by Gasteiger charge is 2.29. The summed E-state index contributed by atoms with van der Waals surface area (Å²) in [6.07, 6.45) is 3.48. The summed E-state index contributed by atoms with van der Waals surface area (Å²) >= 11 is 0. The zero-order chi connectivity index (χ0) is 12.3. The van der Waals surface area contributed by atoms with Gasteiger partial charge in [0, 0.05) is 25.4 Å². The molecule has 1 N–H and O–H groups in total. The molecule has 6 nitrogen and oxygen atoms in total. The van der Waals surface area contributed by atoms with E-state index in [2.05, 4.69) is 10.3 Å². The average molecular weight is 237 g/mol. The van der Waals surface area contributed by atoms with Gasteiger partial charge in [-0.1, -0.05) is 0 Å². The van der Waals surface area contributed by atoms with Crippen LogP contribution in [-0.2, 0) is 4.74 Å². The molecule has 1 aromatic rings. The lowest BCUT2D eigenvalue weighted by molar-refractivity contribution is -0.384. The van der Waals surface area contributed by atoms with Gasteiger partial charge >= 0.3 is 0 Å². The first-order chi connectivity index (χ1) is 8.09. The Hall–Kier alpha value is -1.69. The number of nitro groups is 1. The Labute approximate surface area is 99.2 Å². The van der Waals surface area contributed by atoms with Crippen LogP contribution in [0.2, 0.25) is 0 Å². The van der Waals surface area contributed by atoms with Crippen molar-refractivity contribution in [1.29, 1.82) is 0 Å². The van der Waals surface area contributed by atoms with Gasteiger partial charge in [-0.15, -0.1) is 0 Å². The first-order valence-corrected chi connectivity index (χ1v) is 5.57. The van der Waals surface area contributed by atoms with E-state index >= 15 is 0 Å². The molecule has 1 aromatic heterocycles. The number of anilines is 1. The summed E-state index contributed by atoms with van der Waals surface area (Å²) in [5, 5.41) is 13.7. The second kappa shape index (κ2) is 4.67. The van der Waals surface area contributed by atoms with Crippen LogP contribution < -0.4 is 5.32 Å². The number of nitrogens with one attached hydrogen (secondary N) is 1. The van der Waals surface area contributed by atoms with Gasteiger partial charge in [0.1, 0.15) is 5.82 Å². The number of hydrogen-bond acceptors (Lipinski definition) is 5.